The minimum absolute atomic E-state index is 0.328. The predicted molar refractivity (Wildman–Crippen MR) is 60.9 cm³/mol. The molecule has 1 N–H and O–H groups in total. The van der Waals surface area contributed by atoms with Crippen LogP contribution in [-0.2, 0) is 11.2 Å². The summed E-state index contributed by atoms with van der Waals surface area (Å²) in [7, 11) is 1.48. The van der Waals surface area contributed by atoms with Gasteiger partial charge in [-0.1, -0.05) is 17.7 Å². The standard InChI is InChI=1S/C11H14ClNO3/c1-11(2,10(14)15)6-7-4-5-8(12)13-9(7)16-3/h4-5H,6H2,1-3H3,(H,14,15). The number of carboxylic acids is 1. The zero-order chi connectivity index (χ0) is 12.3. The smallest absolute Gasteiger partial charge is 0.309 e. The monoisotopic (exact) mass is 243 g/mol. The van der Waals surface area contributed by atoms with Crippen LogP contribution in [0.4, 0.5) is 0 Å². The average Bonchev–Trinajstić information content (AvgIpc) is 2.20. The number of hydrogen-bond acceptors (Lipinski definition) is 3. The summed E-state index contributed by atoms with van der Waals surface area (Å²) in [6.07, 6.45) is 0.343. The second kappa shape index (κ2) is 4.70. The summed E-state index contributed by atoms with van der Waals surface area (Å²) in [5.74, 6) is -0.480. The SMILES string of the molecule is COc1nc(Cl)ccc1CC(C)(C)C(=O)O. The first-order valence-corrected chi connectivity index (χ1v) is 5.17. The predicted octanol–water partition coefficient (Wildman–Crippen LogP) is 2.40. The van der Waals surface area contributed by atoms with Crippen molar-refractivity contribution in [1.29, 1.82) is 0 Å². The molecule has 0 fully saturated rings. The molecular weight excluding hydrogens is 230 g/mol. The number of rotatable bonds is 4. The van der Waals surface area contributed by atoms with Crippen molar-refractivity contribution in [3.8, 4) is 5.88 Å². The van der Waals surface area contributed by atoms with Crippen molar-refractivity contribution in [2.75, 3.05) is 7.11 Å². The van der Waals surface area contributed by atoms with E-state index in [-0.39, 0.29) is 0 Å². The maximum Gasteiger partial charge on any atom is 0.309 e. The van der Waals surface area contributed by atoms with Gasteiger partial charge in [0, 0.05) is 5.56 Å². The van der Waals surface area contributed by atoms with Gasteiger partial charge in [0.2, 0.25) is 5.88 Å². The van der Waals surface area contributed by atoms with Crippen molar-refractivity contribution in [2.24, 2.45) is 5.41 Å². The molecule has 0 bridgehead atoms. The maximum absolute atomic E-state index is 11.0. The van der Waals surface area contributed by atoms with E-state index in [1.807, 2.05) is 0 Å². The van der Waals surface area contributed by atoms with Gasteiger partial charge in [0.1, 0.15) is 5.15 Å². The molecule has 1 heterocycles. The average molecular weight is 244 g/mol. The molecule has 4 nitrogen and oxygen atoms in total. The highest BCUT2D eigenvalue weighted by Gasteiger charge is 2.28. The van der Waals surface area contributed by atoms with Crippen LogP contribution in [-0.4, -0.2) is 23.2 Å². The number of methoxy groups -OCH3 is 1. The summed E-state index contributed by atoms with van der Waals surface area (Å²) in [5.41, 5.74) is -0.123. The number of hydrogen-bond donors (Lipinski definition) is 1. The summed E-state index contributed by atoms with van der Waals surface area (Å²) < 4.78 is 5.06. The van der Waals surface area contributed by atoms with Gasteiger partial charge in [-0.25, -0.2) is 4.98 Å². The number of nitrogens with zero attached hydrogens (tertiary/aromatic N) is 1. The fourth-order valence-corrected chi connectivity index (χ4v) is 1.45. The van der Waals surface area contributed by atoms with Gasteiger partial charge in [-0.2, -0.15) is 0 Å². The Labute approximate surface area is 99.2 Å². The highest BCUT2D eigenvalue weighted by Crippen LogP contribution is 2.27. The first-order valence-electron chi connectivity index (χ1n) is 4.79. The minimum atomic E-state index is -0.858. The van der Waals surface area contributed by atoms with E-state index in [0.29, 0.717) is 17.5 Å². The molecule has 0 saturated carbocycles. The zero-order valence-corrected chi connectivity index (χ0v) is 10.2. The minimum Gasteiger partial charge on any atom is -0.481 e. The van der Waals surface area contributed by atoms with Gasteiger partial charge in [0.25, 0.3) is 0 Å². The summed E-state index contributed by atoms with van der Waals surface area (Å²) in [6.45, 7) is 3.31. The highest BCUT2D eigenvalue weighted by atomic mass is 35.5. The third kappa shape index (κ3) is 2.85. The molecule has 0 saturated heterocycles. The Bertz CT molecular complexity index is 404. The zero-order valence-electron chi connectivity index (χ0n) is 9.45. The number of aliphatic carboxylic acids is 1. The molecule has 1 rings (SSSR count). The van der Waals surface area contributed by atoms with Gasteiger partial charge in [-0.15, -0.1) is 0 Å². The van der Waals surface area contributed by atoms with Crippen LogP contribution in [0, 0.1) is 5.41 Å². The van der Waals surface area contributed by atoms with Crippen LogP contribution in [0.25, 0.3) is 0 Å². The number of carboxylic acid groups (broad SMARTS) is 1. The molecule has 5 heteroatoms. The number of carbonyl (C=O) groups is 1. The Morgan fingerprint density at radius 3 is 2.69 bits per heavy atom. The number of aromatic nitrogens is 1. The maximum atomic E-state index is 11.0. The van der Waals surface area contributed by atoms with Gasteiger partial charge in [-0.05, 0) is 26.3 Å². The Balaban J connectivity index is 3.01. The van der Waals surface area contributed by atoms with E-state index < -0.39 is 11.4 Å². The molecular formula is C11H14ClNO3. The highest BCUT2D eigenvalue weighted by molar-refractivity contribution is 6.29. The molecule has 88 valence electrons. The van der Waals surface area contributed by atoms with Crippen LogP contribution in [0.3, 0.4) is 0 Å². The lowest BCUT2D eigenvalue weighted by Crippen LogP contribution is -2.26. The van der Waals surface area contributed by atoms with Gasteiger partial charge >= 0.3 is 5.97 Å². The molecule has 1 aromatic rings. The molecule has 0 aliphatic carbocycles. The van der Waals surface area contributed by atoms with E-state index in [2.05, 4.69) is 4.98 Å². The van der Waals surface area contributed by atoms with Gasteiger partial charge < -0.3 is 9.84 Å². The molecule has 0 aliphatic rings. The molecule has 0 aliphatic heterocycles. The second-order valence-electron chi connectivity index (χ2n) is 4.17. The first-order chi connectivity index (χ1) is 7.36. The van der Waals surface area contributed by atoms with E-state index in [1.165, 1.54) is 7.11 Å². The lowest BCUT2D eigenvalue weighted by molar-refractivity contribution is -0.146. The molecule has 1 aromatic heterocycles. The first kappa shape index (κ1) is 12.8. The van der Waals surface area contributed by atoms with E-state index >= 15 is 0 Å². The molecule has 16 heavy (non-hydrogen) atoms. The Kier molecular flexibility index (Phi) is 3.75. The Morgan fingerprint density at radius 2 is 2.19 bits per heavy atom. The van der Waals surface area contributed by atoms with Crippen molar-refractivity contribution in [2.45, 2.75) is 20.3 Å². The van der Waals surface area contributed by atoms with Crippen LogP contribution < -0.4 is 4.74 Å². The van der Waals surface area contributed by atoms with E-state index in [0.717, 1.165) is 5.56 Å². The fraction of sp³-hybridized carbons (Fsp3) is 0.455. The van der Waals surface area contributed by atoms with Gasteiger partial charge in [0.15, 0.2) is 0 Å². The summed E-state index contributed by atoms with van der Waals surface area (Å²) in [4.78, 5) is 15.0. The molecule has 0 unspecified atom stereocenters. The van der Waals surface area contributed by atoms with Crippen molar-refractivity contribution < 1.29 is 14.6 Å². The second-order valence-corrected chi connectivity index (χ2v) is 4.56. The number of pyridine rings is 1. The van der Waals surface area contributed by atoms with E-state index in [4.69, 9.17) is 21.4 Å². The molecule has 0 aromatic carbocycles. The molecule has 0 atom stereocenters. The lowest BCUT2D eigenvalue weighted by atomic mass is 9.86. The number of ether oxygens (including phenoxy) is 1. The van der Waals surface area contributed by atoms with Crippen molar-refractivity contribution in [3.05, 3.63) is 22.8 Å². The molecule has 0 radical (unpaired) electrons. The van der Waals surface area contributed by atoms with Crippen LogP contribution in [0.15, 0.2) is 12.1 Å². The topological polar surface area (TPSA) is 59.4 Å². The Hall–Kier alpha value is -1.29. The third-order valence-electron chi connectivity index (χ3n) is 2.31. The van der Waals surface area contributed by atoms with Crippen LogP contribution in [0.1, 0.15) is 19.4 Å². The quantitative estimate of drug-likeness (QED) is 0.825. The fourth-order valence-electron chi connectivity index (χ4n) is 1.31. The summed E-state index contributed by atoms with van der Waals surface area (Å²) in [6, 6.07) is 3.36. The Morgan fingerprint density at radius 1 is 1.56 bits per heavy atom. The number of halogens is 1. The van der Waals surface area contributed by atoms with Crippen LogP contribution in [0.5, 0.6) is 5.88 Å². The van der Waals surface area contributed by atoms with Crippen molar-refractivity contribution >= 4 is 17.6 Å². The summed E-state index contributed by atoms with van der Waals surface area (Å²) >= 11 is 5.72. The van der Waals surface area contributed by atoms with E-state index in [9.17, 15) is 4.79 Å². The molecule has 0 amide bonds. The largest absolute Gasteiger partial charge is 0.481 e. The van der Waals surface area contributed by atoms with Crippen molar-refractivity contribution in [3.63, 3.8) is 0 Å². The normalized spacial score (nSPS) is 11.2. The summed E-state index contributed by atoms with van der Waals surface area (Å²) in [5, 5.41) is 9.36. The van der Waals surface area contributed by atoms with Gasteiger partial charge in [-0.3, -0.25) is 4.79 Å². The van der Waals surface area contributed by atoms with E-state index in [1.54, 1.807) is 26.0 Å². The van der Waals surface area contributed by atoms with Crippen molar-refractivity contribution in [1.82, 2.24) is 4.98 Å². The van der Waals surface area contributed by atoms with Crippen LogP contribution >= 0.6 is 11.6 Å². The van der Waals surface area contributed by atoms with Gasteiger partial charge in [0.05, 0.1) is 12.5 Å². The third-order valence-corrected chi connectivity index (χ3v) is 2.52. The lowest BCUT2D eigenvalue weighted by Gasteiger charge is -2.19. The van der Waals surface area contributed by atoms with Crippen LogP contribution in [0.2, 0.25) is 5.15 Å². The molecule has 0 spiro atoms.